The lowest BCUT2D eigenvalue weighted by atomic mass is 9.82. The number of likely N-dealkylation sites (tertiary alicyclic amines) is 1. The Labute approximate surface area is 265 Å². The van der Waals surface area contributed by atoms with E-state index >= 15 is 0 Å². The van der Waals surface area contributed by atoms with Crippen LogP contribution in [0.15, 0.2) is 90.1 Å². The molecule has 45 heavy (non-hydrogen) atoms. The van der Waals surface area contributed by atoms with E-state index in [2.05, 4.69) is 10.3 Å². The van der Waals surface area contributed by atoms with Gasteiger partial charge in [-0.1, -0.05) is 41.9 Å². The summed E-state index contributed by atoms with van der Waals surface area (Å²) in [6, 6.07) is 21.3. The highest BCUT2D eigenvalue weighted by Crippen LogP contribution is 2.39. The largest absolute Gasteiger partial charge is 0.374 e. The molecule has 1 atom stereocenters. The molecule has 0 radical (unpaired) electrons. The Bertz CT molecular complexity index is 1970. The fourth-order valence-corrected chi connectivity index (χ4v) is 6.32. The highest BCUT2D eigenvalue weighted by atomic mass is 35.5. The molecule has 0 bridgehead atoms. The Kier molecular flexibility index (Phi) is 8.31. The number of aliphatic hydroxyl groups is 1. The standard InChI is InChI=1S/C35H34ClN5O4/c1-39-22-37-21-31(39)35(45,25-11-9-23(10-12-25)34(44)38-15-5-17-41-16-4-8-32(41)42)26-13-14-30-29(19-26)28(20-33(43)40(30)2)24-6-3-7-27(36)18-24/h3,6-7,9-14,18-22,45H,4-5,8,15-17H2,1-2H3,(H,38,44). The number of amides is 2. The van der Waals surface area contributed by atoms with E-state index in [1.165, 1.54) is 0 Å². The molecule has 230 valence electrons. The number of benzene rings is 3. The van der Waals surface area contributed by atoms with Crippen LogP contribution in [0.2, 0.25) is 5.02 Å². The molecule has 3 heterocycles. The second-order valence-corrected chi connectivity index (χ2v) is 11.9. The topological polar surface area (TPSA) is 109 Å². The van der Waals surface area contributed by atoms with E-state index < -0.39 is 5.60 Å². The third-order valence-electron chi connectivity index (χ3n) is 8.61. The van der Waals surface area contributed by atoms with Crippen LogP contribution >= 0.6 is 11.6 Å². The number of rotatable bonds is 9. The van der Waals surface area contributed by atoms with Crippen molar-refractivity contribution in [1.82, 2.24) is 24.3 Å². The summed E-state index contributed by atoms with van der Waals surface area (Å²) in [5, 5.41) is 16.9. The predicted octanol–water partition coefficient (Wildman–Crippen LogP) is 4.62. The molecule has 0 spiro atoms. The first-order valence-electron chi connectivity index (χ1n) is 14.9. The monoisotopic (exact) mass is 623 g/mol. The Morgan fingerprint density at radius 2 is 1.80 bits per heavy atom. The molecule has 1 fully saturated rings. The van der Waals surface area contributed by atoms with Crippen molar-refractivity contribution in [3.63, 3.8) is 0 Å². The number of carbonyl (C=O) groups is 2. The first-order chi connectivity index (χ1) is 21.7. The van der Waals surface area contributed by atoms with Gasteiger partial charge < -0.3 is 24.5 Å². The van der Waals surface area contributed by atoms with Crippen molar-refractivity contribution in [3.8, 4) is 11.1 Å². The third-order valence-corrected chi connectivity index (χ3v) is 8.85. The first-order valence-corrected chi connectivity index (χ1v) is 15.3. The van der Waals surface area contributed by atoms with Crippen molar-refractivity contribution in [1.29, 1.82) is 0 Å². The number of carbonyl (C=O) groups excluding carboxylic acids is 2. The predicted molar refractivity (Wildman–Crippen MR) is 174 cm³/mol. The molecule has 2 N–H and O–H groups in total. The molecule has 1 aliphatic heterocycles. The van der Waals surface area contributed by atoms with E-state index in [-0.39, 0.29) is 17.4 Å². The number of nitrogens with one attached hydrogen (secondary N) is 1. The molecule has 10 heteroatoms. The Hall–Kier alpha value is -4.73. The van der Waals surface area contributed by atoms with E-state index in [0.717, 1.165) is 23.9 Å². The van der Waals surface area contributed by atoms with Crippen LogP contribution in [0, 0.1) is 0 Å². The van der Waals surface area contributed by atoms with Crippen molar-refractivity contribution >= 4 is 34.3 Å². The summed E-state index contributed by atoms with van der Waals surface area (Å²) in [6.07, 6.45) is 5.42. The maximum absolute atomic E-state index is 12.9. The maximum atomic E-state index is 12.9. The number of hydrogen-bond acceptors (Lipinski definition) is 5. The molecule has 9 nitrogen and oxygen atoms in total. The molecular weight excluding hydrogens is 590 g/mol. The normalized spacial score (nSPS) is 14.6. The van der Waals surface area contributed by atoms with Crippen molar-refractivity contribution in [2.45, 2.75) is 24.9 Å². The van der Waals surface area contributed by atoms with Gasteiger partial charge in [0.15, 0.2) is 5.60 Å². The van der Waals surface area contributed by atoms with E-state index in [1.54, 1.807) is 65.1 Å². The zero-order chi connectivity index (χ0) is 31.7. The number of halogens is 1. The maximum Gasteiger partial charge on any atom is 0.251 e. The average Bonchev–Trinajstić information content (AvgIpc) is 3.67. The fraction of sp³-hybridized carbons (Fsp3) is 0.257. The quantitative estimate of drug-likeness (QED) is 0.233. The van der Waals surface area contributed by atoms with Crippen LogP contribution in [-0.4, -0.2) is 55.6 Å². The fourth-order valence-electron chi connectivity index (χ4n) is 6.13. The van der Waals surface area contributed by atoms with Gasteiger partial charge in [-0.2, -0.15) is 0 Å². The van der Waals surface area contributed by atoms with Crippen LogP contribution in [0.5, 0.6) is 0 Å². The molecular formula is C35H34ClN5O4. The van der Waals surface area contributed by atoms with E-state index in [9.17, 15) is 19.5 Å². The van der Waals surface area contributed by atoms with Gasteiger partial charge in [0.2, 0.25) is 5.91 Å². The molecule has 2 amide bonds. The van der Waals surface area contributed by atoms with Gasteiger partial charge in [0.1, 0.15) is 0 Å². The highest BCUT2D eigenvalue weighted by Gasteiger charge is 2.37. The van der Waals surface area contributed by atoms with Gasteiger partial charge >= 0.3 is 0 Å². The summed E-state index contributed by atoms with van der Waals surface area (Å²) in [7, 11) is 3.53. The van der Waals surface area contributed by atoms with Crippen molar-refractivity contribution in [2.24, 2.45) is 14.1 Å². The van der Waals surface area contributed by atoms with Gasteiger partial charge in [-0.25, -0.2) is 4.98 Å². The molecule has 1 saturated heterocycles. The molecule has 6 rings (SSSR count). The molecule has 5 aromatic rings. The highest BCUT2D eigenvalue weighted by molar-refractivity contribution is 6.30. The number of imidazole rings is 1. The number of pyridine rings is 1. The second-order valence-electron chi connectivity index (χ2n) is 11.5. The van der Waals surface area contributed by atoms with Crippen molar-refractivity contribution in [3.05, 3.63) is 123 Å². The smallest absolute Gasteiger partial charge is 0.251 e. The average molecular weight is 624 g/mol. The lowest BCUT2D eigenvalue weighted by Crippen LogP contribution is -2.32. The summed E-state index contributed by atoms with van der Waals surface area (Å²) in [4.78, 5) is 43.8. The van der Waals surface area contributed by atoms with Crippen LogP contribution in [0.3, 0.4) is 0 Å². The Morgan fingerprint density at radius 1 is 1.02 bits per heavy atom. The third kappa shape index (κ3) is 5.77. The minimum atomic E-state index is -1.64. The minimum absolute atomic E-state index is 0.162. The van der Waals surface area contributed by atoms with Gasteiger partial charge in [0, 0.05) is 62.2 Å². The lowest BCUT2D eigenvalue weighted by Gasteiger charge is -2.30. The van der Waals surface area contributed by atoms with Gasteiger partial charge in [0.05, 0.1) is 23.7 Å². The van der Waals surface area contributed by atoms with E-state index in [4.69, 9.17) is 11.6 Å². The second kappa shape index (κ2) is 12.3. The van der Waals surface area contributed by atoms with Crippen LogP contribution in [-0.2, 0) is 24.5 Å². The molecule has 1 unspecified atom stereocenters. The first kappa shape index (κ1) is 30.3. The minimum Gasteiger partial charge on any atom is -0.374 e. The van der Waals surface area contributed by atoms with Crippen LogP contribution in [0.25, 0.3) is 22.0 Å². The van der Waals surface area contributed by atoms with Crippen molar-refractivity contribution in [2.75, 3.05) is 19.6 Å². The number of aromatic nitrogens is 3. The van der Waals surface area contributed by atoms with Gasteiger partial charge in [-0.15, -0.1) is 0 Å². The molecule has 1 aliphatic rings. The summed E-state index contributed by atoms with van der Waals surface area (Å²) in [5.41, 5.74) is 2.49. The van der Waals surface area contributed by atoms with Gasteiger partial charge in [-0.3, -0.25) is 14.4 Å². The number of hydrogen-bond donors (Lipinski definition) is 2. The zero-order valence-electron chi connectivity index (χ0n) is 25.2. The molecule has 0 saturated carbocycles. The molecule has 0 aliphatic carbocycles. The Morgan fingerprint density at radius 3 is 2.49 bits per heavy atom. The summed E-state index contributed by atoms with van der Waals surface area (Å²) >= 11 is 6.31. The Balaban J connectivity index is 1.35. The zero-order valence-corrected chi connectivity index (χ0v) is 25.9. The number of nitrogens with zero attached hydrogens (tertiary/aromatic N) is 4. The van der Waals surface area contributed by atoms with E-state index in [0.29, 0.717) is 64.4 Å². The van der Waals surface area contributed by atoms with Gasteiger partial charge in [0.25, 0.3) is 11.5 Å². The molecule has 2 aromatic heterocycles. The summed E-state index contributed by atoms with van der Waals surface area (Å²) in [5.74, 6) is -0.0508. The van der Waals surface area contributed by atoms with E-state index in [1.807, 2.05) is 48.3 Å². The molecule has 3 aromatic carbocycles. The van der Waals surface area contributed by atoms with Crippen molar-refractivity contribution < 1.29 is 14.7 Å². The SMILES string of the molecule is Cn1cncc1C(O)(c1ccc(C(=O)NCCCN2CCCC2=O)cc1)c1ccc2c(c1)c(-c1cccc(Cl)c1)cc(=O)n2C. The number of aryl methyl sites for hydroxylation is 2. The summed E-state index contributed by atoms with van der Waals surface area (Å²) in [6.45, 7) is 1.87. The van der Waals surface area contributed by atoms with Crippen LogP contribution < -0.4 is 10.9 Å². The van der Waals surface area contributed by atoms with Crippen LogP contribution in [0.1, 0.15) is 46.4 Å². The van der Waals surface area contributed by atoms with Crippen LogP contribution in [0.4, 0.5) is 0 Å². The van der Waals surface area contributed by atoms with Gasteiger partial charge in [-0.05, 0) is 71.5 Å². The lowest BCUT2D eigenvalue weighted by molar-refractivity contribution is -0.127. The number of fused-ring (bicyclic) bond motifs is 1. The summed E-state index contributed by atoms with van der Waals surface area (Å²) < 4.78 is 3.33.